The number of aromatic hydroxyl groups is 1. The number of likely N-dealkylation sites (N-methyl/N-ethyl adjacent to an activating group) is 1. The van der Waals surface area contributed by atoms with Crippen LogP contribution in [0, 0.1) is 5.82 Å². The summed E-state index contributed by atoms with van der Waals surface area (Å²) >= 11 is 0. The number of hydrogen-bond acceptors (Lipinski definition) is 6. The Morgan fingerprint density at radius 1 is 1.03 bits per heavy atom. The van der Waals surface area contributed by atoms with Crippen molar-refractivity contribution < 1.29 is 22.7 Å². The molecule has 2 aromatic carbocycles. The van der Waals surface area contributed by atoms with Gasteiger partial charge in [-0.1, -0.05) is 30.3 Å². The molecule has 0 radical (unpaired) electrons. The standard InChI is InChI=1S/C24H21FN4O5S/c1-27-11-12-28-20-18(14-35(33,34)17-5-3-2-4-6-17)26-29(13-15-7-9-16(25)10-8-15)23(31)19(20)22(30)21(28)24(27)32/h2-10,30H,11-14H2,1H3. The molecule has 0 saturated heterocycles. The molecule has 0 fully saturated rings. The fourth-order valence-electron chi connectivity index (χ4n) is 4.31. The van der Waals surface area contributed by atoms with E-state index in [1.165, 1.54) is 45.9 Å². The molecule has 1 amide bonds. The lowest BCUT2D eigenvalue weighted by Gasteiger charge is -2.25. The first-order chi connectivity index (χ1) is 16.7. The second-order valence-corrected chi connectivity index (χ2v) is 10.4. The van der Waals surface area contributed by atoms with Crippen molar-refractivity contribution >= 4 is 26.6 Å². The van der Waals surface area contributed by atoms with E-state index in [1.807, 2.05) is 0 Å². The third-order valence-corrected chi connectivity index (χ3v) is 7.73. The summed E-state index contributed by atoms with van der Waals surface area (Å²) in [5, 5.41) is 15.2. The van der Waals surface area contributed by atoms with Crippen LogP contribution >= 0.6 is 0 Å². The molecule has 1 aliphatic heterocycles. The zero-order chi connectivity index (χ0) is 24.9. The Labute approximate surface area is 199 Å². The highest BCUT2D eigenvalue weighted by atomic mass is 32.2. The Morgan fingerprint density at radius 2 is 1.71 bits per heavy atom. The minimum atomic E-state index is -3.87. The molecule has 1 N–H and O–H groups in total. The van der Waals surface area contributed by atoms with Gasteiger partial charge in [0.15, 0.2) is 21.3 Å². The number of rotatable bonds is 5. The van der Waals surface area contributed by atoms with E-state index < -0.39 is 38.6 Å². The second kappa shape index (κ2) is 8.35. The molecule has 0 atom stereocenters. The molecule has 0 aliphatic carbocycles. The quantitative estimate of drug-likeness (QED) is 0.453. The number of carbonyl (C=O) groups excluding carboxylic acids is 1. The van der Waals surface area contributed by atoms with Gasteiger partial charge in [0.25, 0.3) is 11.5 Å². The number of amides is 1. The van der Waals surface area contributed by atoms with Crippen LogP contribution in [-0.4, -0.2) is 52.3 Å². The Bertz CT molecular complexity index is 1630. The maximum absolute atomic E-state index is 13.4. The van der Waals surface area contributed by atoms with Crippen molar-refractivity contribution in [1.82, 2.24) is 19.2 Å². The van der Waals surface area contributed by atoms with Crippen LogP contribution in [0.4, 0.5) is 4.39 Å². The number of aromatic nitrogens is 3. The molecule has 35 heavy (non-hydrogen) atoms. The molecule has 2 aromatic heterocycles. The van der Waals surface area contributed by atoms with E-state index in [0.29, 0.717) is 12.1 Å². The molecule has 0 unspecified atom stereocenters. The van der Waals surface area contributed by atoms with Gasteiger partial charge in [-0.15, -0.1) is 0 Å². The summed E-state index contributed by atoms with van der Waals surface area (Å²) in [6, 6.07) is 13.3. The first kappa shape index (κ1) is 22.8. The van der Waals surface area contributed by atoms with Crippen molar-refractivity contribution in [2.24, 2.45) is 0 Å². The van der Waals surface area contributed by atoms with Gasteiger partial charge in [0.1, 0.15) is 22.7 Å². The summed E-state index contributed by atoms with van der Waals surface area (Å²) in [5.41, 5.74) is -0.0506. The average molecular weight is 497 g/mol. The summed E-state index contributed by atoms with van der Waals surface area (Å²) in [7, 11) is -2.29. The zero-order valence-electron chi connectivity index (χ0n) is 18.7. The van der Waals surface area contributed by atoms with Gasteiger partial charge in [0, 0.05) is 20.1 Å². The van der Waals surface area contributed by atoms with Gasteiger partial charge in [-0.25, -0.2) is 17.5 Å². The van der Waals surface area contributed by atoms with E-state index >= 15 is 0 Å². The maximum atomic E-state index is 13.4. The van der Waals surface area contributed by atoms with Crippen LogP contribution in [0.1, 0.15) is 21.7 Å². The van der Waals surface area contributed by atoms with Crippen LogP contribution in [0.3, 0.4) is 0 Å². The number of halogens is 1. The minimum Gasteiger partial charge on any atom is -0.505 e. The van der Waals surface area contributed by atoms with E-state index in [4.69, 9.17) is 0 Å². The fraction of sp³-hybridized carbons (Fsp3) is 0.208. The maximum Gasteiger partial charge on any atom is 0.280 e. The normalized spacial score (nSPS) is 13.9. The van der Waals surface area contributed by atoms with E-state index in [9.17, 15) is 27.5 Å². The summed E-state index contributed by atoms with van der Waals surface area (Å²) in [5.74, 6) is -1.98. The first-order valence-corrected chi connectivity index (χ1v) is 12.5. The summed E-state index contributed by atoms with van der Waals surface area (Å²) in [4.78, 5) is 27.7. The van der Waals surface area contributed by atoms with Gasteiger partial charge in [0.2, 0.25) is 0 Å². The Kier molecular flexibility index (Phi) is 5.43. The SMILES string of the molecule is CN1CCn2c(c(O)c3c(=O)n(Cc4ccc(F)cc4)nc(CS(=O)(=O)c4ccccc4)c32)C1=O. The predicted molar refractivity (Wildman–Crippen MR) is 125 cm³/mol. The highest BCUT2D eigenvalue weighted by Crippen LogP contribution is 2.35. The first-order valence-electron chi connectivity index (χ1n) is 10.8. The number of fused-ring (bicyclic) bond motifs is 3. The lowest BCUT2D eigenvalue weighted by Crippen LogP contribution is -2.37. The lowest BCUT2D eigenvalue weighted by molar-refractivity contribution is 0.0747. The van der Waals surface area contributed by atoms with E-state index in [0.717, 1.165) is 4.68 Å². The highest BCUT2D eigenvalue weighted by Gasteiger charge is 2.33. The third-order valence-electron chi connectivity index (χ3n) is 6.08. The van der Waals surface area contributed by atoms with Crippen LogP contribution in [0.25, 0.3) is 10.9 Å². The summed E-state index contributed by atoms with van der Waals surface area (Å²) in [6.45, 7) is 0.496. The molecule has 0 spiro atoms. The Hall–Kier alpha value is -3.99. The van der Waals surface area contributed by atoms with Crippen molar-refractivity contribution in [3.8, 4) is 5.75 Å². The van der Waals surface area contributed by atoms with Gasteiger partial charge in [-0.05, 0) is 29.8 Å². The number of sulfone groups is 1. The van der Waals surface area contributed by atoms with E-state index in [2.05, 4.69) is 5.10 Å². The average Bonchev–Trinajstić information content (AvgIpc) is 3.14. The zero-order valence-corrected chi connectivity index (χ0v) is 19.5. The molecule has 180 valence electrons. The van der Waals surface area contributed by atoms with E-state index in [1.54, 1.807) is 25.2 Å². The van der Waals surface area contributed by atoms with Gasteiger partial charge in [0.05, 0.1) is 17.0 Å². The smallest absolute Gasteiger partial charge is 0.280 e. The molecule has 4 aromatic rings. The molecule has 0 saturated carbocycles. The van der Waals surface area contributed by atoms with Gasteiger partial charge in [-0.3, -0.25) is 9.59 Å². The summed E-state index contributed by atoms with van der Waals surface area (Å²) < 4.78 is 42.3. The molecule has 1 aliphatic rings. The van der Waals surface area contributed by atoms with Crippen molar-refractivity contribution in [3.63, 3.8) is 0 Å². The van der Waals surface area contributed by atoms with Crippen molar-refractivity contribution in [1.29, 1.82) is 0 Å². The van der Waals surface area contributed by atoms with Crippen molar-refractivity contribution in [2.75, 3.05) is 13.6 Å². The predicted octanol–water partition coefficient (Wildman–Crippen LogP) is 2.15. The van der Waals surface area contributed by atoms with Crippen molar-refractivity contribution in [2.45, 2.75) is 23.7 Å². The van der Waals surface area contributed by atoms with Crippen LogP contribution in [0.15, 0.2) is 64.3 Å². The monoisotopic (exact) mass is 496 g/mol. The second-order valence-electron chi connectivity index (χ2n) is 8.41. The van der Waals surface area contributed by atoms with Crippen LogP contribution < -0.4 is 5.56 Å². The van der Waals surface area contributed by atoms with Crippen LogP contribution in [0.2, 0.25) is 0 Å². The minimum absolute atomic E-state index is 0.0319. The molecule has 11 heteroatoms. The van der Waals surface area contributed by atoms with Crippen molar-refractivity contribution in [3.05, 3.63) is 87.7 Å². The number of nitrogens with zero attached hydrogens (tertiary/aromatic N) is 4. The molecule has 9 nitrogen and oxygen atoms in total. The van der Waals surface area contributed by atoms with Gasteiger partial charge in [-0.2, -0.15) is 5.10 Å². The van der Waals surface area contributed by atoms with Crippen LogP contribution in [0.5, 0.6) is 5.75 Å². The highest BCUT2D eigenvalue weighted by molar-refractivity contribution is 7.90. The molecule has 0 bridgehead atoms. The molecular formula is C24H21FN4O5S. The molecule has 5 rings (SSSR count). The van der Waals surface area contributed by atoms with Gasteiger partial charge < -0.3 is 14.6 Å². The summed E-state index contributed by atoms with van der Waals surface area (Å²) in [6.07, 6.45) is 0. The Balaban J connectivity index is 1.75. The van der Waals surface area contributed by atoms with E-state index in [-0.39, 0.29) is 40.3 Å². The lowest BCUT2D eigenvalue weighted by atomic mass is 10.2. The number of hydrogen-bond donors (Lipinski definition) is 1. The molecule has 3 heterocycles. The fourth-order valence-corrected chi connectivity index (χ4v) is 5.60. The Morgan fingerprint density at radius 3 is 2.40 bits per heavy atom. The van der Waals surface area contributed by atoms with Crippen LogP contribution in [-0.2, 0) is 28.7 Å². The third kappa shape index (κ3) is 3.87. The number of carbonyl (C=O) groups is 1. The number of benzene rings is 2. The largest absolute Gasteiger partial charge is 0.505 e. The molecular weight excluding hydrogens is 475 g/mol. The van der Waals surface area contributed by atoms with Gasteiger partial charge >= 0.3 is 0 Å². The topological polar surface area (TPSA) is 114 Å².